The molecule has 0 heterocycles. The molecular weight excluding hydrogens is 178 g/mol. The van der Waals surface area contributed by atoms with Gasteiger partial charge < -0.3 is 10.8 Å². The minimum absolute atomic E-state index is 0.535. The van der Waals surface area contributed by atoms with Gasteiger partial charge in [0, 0.05) is 0 Å². The summed E-state index contributed by atoms with van der Waals surface area (Å²) in [5, 5.41) is 9.80. The normalized spacial score (nSPS) is 14.9. The Kier molecular flexibility index (Phi) is 2.62. The van der Waals surface area contributed by atoms with E-state index in [1.54, 1.807) is 12.1 Å². The summed E-state index contributed by atoms with van der Waals surface area (Å²) in [5.41, 5.74) is 6.20. The first kappa shape index (κ1) is 10.7. The molecule has 0 aliphatic carbocycles. The van der Waals surface area contributed by atoms with Crippen LogP contribution in [0.5, 0.6) is 0 Å². The fraction of sp³-hybridized carbons (Fsp3) is 0.364. The van der Waals surface area contributed by atoms with Gasteiger partial charge in [-0.05, 0) is 37.5 Å². The SMILES string of the molecule is Cc1ccc(C(C)(O)C(N)=O)cc1C. The van der Waals surface area contributed by atoms with Crippen LogP contribution in [0.1, 0.15) is 23.6 Å². The lowest BCUT2D eigenvalue weighted by atomic mass is 9.92. The number of primary amides is 1. The molecule has 3 heteroatoms. The highest BCUT2D eigenvalue weighted by atomic mass is 16.3. The molecule has 76 valence electrons. The van der Waals surface area contributed by atoms with E-state index in [2.05, 4.69) is 0 Å². The van der Waals surface area contributed by atoms with Gasteiger partial charge in [-0.3, -0.25) is 4.79 Å². The lowest BCUT2D eigenvalue weighted by Gasteiger charge is -2.20. The summed E-state index contributed by atoms with van der Waals surface area (Å²) in [6, 6.07) is 5.36. The first-order valence-corrected chi connectivity index (χ1v) is 4.45. The Morgan fingerprint density at radius 1 is 1.36 bits per heavy atom. The van der Waals surface area contributed by atoms with Crippen molar-refractivity contribution in [2.45, 2.75) is 26.4 Å². The first-order valence-electron chi connectivity index (χ1n) is 4.45. The zero-order chi connectivity index (χ0) is 10.9. The van der Waals surface area contributed by atoms with Gasteiger partial charge in [0.25, 0.3) is 5.91 Å². The van der Waals surface area contributed by atoms with Crippen molar-refractivity contribution in [3.63, 3.8) is 0 Å². The van der Waals surface area contributed by atoms with E-state index in [-0.39, 0.29) is 0 Å². The smallest absolute Gasteiger partial charge is 0.253 e. The molecule has 0 saturated heterocycles. The van der Waals surface area contributed by atoms with Gasteiger partial charge in [0.2, 0.25) is 0 Å². The highest BCUT2D eigenvalue weighted by molar-refractivity contribution is 5.84. The summed E-state index contributed by atoms with van der Waals surface area (Å²) in [6.45, 7) is 5.30. The molecule has 3 N–H and O–H groups in total. The fourth-order valence-corrected chi connectivity index (χ4v) is 1.19. The summed E-state index contributed by atoms with van der Waals surface area (Å²) in [5.74, 6) is -0.735. The van der Waals surface area contributed by atoms with Gasteiger partial charge in [-0.25, -0.2) is 0 Å². The number of aliphatic hydroxyl groups is 1. The summed E-state index contributed by atoms with van der Waals surface area (Å²) >= 11 is 0. The third-order valence-corrected chi connectivity index (χ3v) is 2.55. The van der Waals surface area contributed by atoms with Crippen molar-refractivity contribution in [1.82, 2.24) is 0 Å². The van der Waals surface area contributed by atoms with E-state index in [9.17, 15) is 9.90 Å². The predicted octanol–water partition coefficient (Wildman–Crippen LogP) is 0.996. The minimum Gasteiger partial charge on any atom is -0.376 e. The van der Waals surface area contributed by atoms with Crippen LogP contribution in [0.4, 0.5) is 0 Å². The van der Waals surface area contributed by atoms with Gasteiger partial charge in [0.1, 0.15) is 0 Å². The molecule has 0 fully saturated rings. The molecule has 1 amide bonds. The second-order valence-electron chi connectivity index (χ2n) is 3.74. The van der Waals surface area contributed by atoms with Gasteiger partial charge in [0.15, 0.2) is 5.60 Å². The largest absolute Gasteiger partial charge is 0.376 e. The molecule has 0 saturated carbocycles. The monoisotopic (exact) mass is 193 g/mol. The van der Waals surface area contributed by atoms with Gasteiger partial charge in [-0.15, -0.1) is 0 Å². The third kappa shape index (κ3) is 1.77. The van der Waals surface area contributed by atoms with Crippen LogP contribution in [0.3, 0.4) is 0 Å². The number of amides is 1. The Balaban J connectivity index is 3.21. The molecule has 3 nitrogen and oxygen atoms in total. The number of hydrogen-bond acceptors (Lipinski definition) is 2. The van der Waals surface area contributed by atoms with Crippen molar-refractivity contribution in [2.24, 2.45) is 5.73 Å². The Morgan fingerprint density at radius 2 is 1.93 bits per heavy atom. The number of benzene rings is 1. The average molecular weight is 193 g/mol. The van der Waals surface area contributed by atoms with Crippen molar-refractivity contribution >= 4 is 5.91 Å². The van der Waals surface area contributed by atoms with Gasteiger partial charge in [-0.2, -0.15) is 0 Å². The lowest BCUT2D eigenvalue weighted by Crippen LogP contribution is -2.38. The van der Waals surface area contributed by atoms with E-state index in [4.69, 9.17) is 5.73 Å². The number of aryl methyl sites for hydroxylation is 2. The van der Waals surface area contributed by atoms with Crippen LogP contribution in [0.25, 0.3) is 0 Å². The van der Waals surface area contributed by atoms with Gasteiger partial charge in [0.05, 0.1) is 0 Å². The Labute approximate surface area is 83.6 Å². The minimum atomic E-state index is -1.58. The van der Waals surface area contributed by atoms with Crippen LogP contribution in [0.15, 0.2) is 18.2 Å². The molecule has 0 aliphatic rings. The van der Waals surface area contributed by atoms with Gasteiger partial charge >= 0.3 is 0 Å². The van der Waals surface area contributed by atoms with E-state index in [1.165, 1.54) is 6.92 Å². The molecule has 0 spiro atoms. The topological polar surface area (TPSA) is 63.3 Å². The zero-order valence-electron chi connectivity index (χ0n) is 8.66. The third-order valence-electron chi connectivity index (χ3n) is 2.55. The maximum atomic E-state index is 11.0. The maximum absolute atomic E-state index is 11.0. The van der Waals surface area contributed by atoms with Crippen LogP contribution in [0.2, 0.25) is 0 Å². The second-order valence-corrected chi connectivity index (χ2v) is 3.74. The van der Waals surface area contributed by atoms with E-state index in [0.717, 1.165) is 11.1 Å². The van der Waals surface area contributed by atoms with Crippen LogP contribution in [-0.4, -0.2) is 11.0 Å². The van der Waals surface area contributed by atoms with E-state index < -0.39 is 11.5 Å². The van der Waals surface area contributed by atoms with Crippen LogP contribution in [0, 0.1) is 13.8 Å². The van der Waals surface area contributed by atoms with Crippen molar-refractivity contribution < 1.29 is 9.90 Å². The summed E-state index contributed by atoms with van der Waals surface area (Å²) in [7, 11) is 0. The molecule has 1 unspecified atom stereocenters. The number of carbonyl (C=O) groups is 1. The average Bonchev–Trinajstić information content (AvgIpc) is 2.09. The fourth-order valence-electron chi connectivity index (χ4n) is 1.19. The number of hydrogen-bond donors (Lipinski definition) is 2. The summed E-state index contributed by atoms with van der Waals surface area (Å²) in [6.07, 6.45) is 0. The molecule has 1 rings (SSSR count). The Morgan fingerprint density at radius 3 is 2.36 bits per heavy atom. The van der Waals surface area contributed by atoms with Crippen molar-refractivity contribution in [3.05, 3.63) is 34.9 Å². The number of nitrogens with two attached hydrogens (primary N) is 1. The van der Waals surface area contributed by atoms with Gasteiger partial charge in [-0.1, -0.05) is 18.2 Å². The van der Waals surface area contributed by atoms with Crippen molar-refractivity contribution in [2.75, 3.05) is 0 Å². The molecule has 0 radical (unpaired) electrons. The van der Waals surface area contributed by atoms with Crippen molar-refractivity contribution in [1.29, 1.82) is 0 Å². The van der Waals surface area contributed by atoms with Crippen molar-refractivity contribution in [3.8, 4) is 0 Å². The molecule has 1 aromatic carbocycles. The first-order chi connectivity index (χ1) is 6.35. The highest BCUT2D eigenvalue weighted by Gasteiger charge is 2.29. The number of carbonyl (C=O) groups excluding carboxylic acids is 1. The molecule has 0 aromatic heterocycles. The number of rotatable bonds is 2. The quantitative estimate of drug-likeness (QED) is 0.735. The zero-order valence-corrected chi connectivity index (χ0v) is 8.66. The lowest BCUT2D eigenvalue weighted by molar-refractivity contribution is -0.135. The maximum Gasteiger partial charge on any atom is 0.253 e. The van der Waals surface area contributed by atoms with E-state index >= 15 is 0 Å². The molecule has 1 aromatic rings. The molecule has 0 bridgehead atoms. The second kappa shape index (κ2) is 3.42. The van der Waals surface area contributed by atoms with E-state index in [0.29, 0.717) is 5.56 Å². The molecule has 0 aliphatic heterocycles. The predicted molar refractivity (Wildman–Crippen MR) is 54.7 cm³/mol. The van der Waals surface area contributed by atoms with E-state index in [1.807, 2.05) is 19.9 Å². The van der Waals surface area contributed by atoms with Crippen LogP contribution >= 0.6 is 0 Å². The van der Waals surface area contributed by atoms with Crippen LogP contribution in [-0.2, 0) is 10.4 Å². The molecular formula is C11H15NO2. The highest BCUT2D eigenvalue weighted by Crippen LogP contribution is 2.22. The molecule has 1 atom stereocenters. The standard InChI is InChI=1S/C11H15NO2/c1-7-4-5-9(6-8(7)2)11(3,14)10(12)13/h4-6,14H,1-3H3,(H2,12,13). The van der Waals surface area contributed by atoms with Crippen LogP contribution < -0.4 is 5.73 Å². The Hall–Kier alpha value is -1.35. The molecule has 14 heavy (non-hydrogen) atoms. The Bertz CT molecular complexity index is 370. The summed E-state index contributed by atoms with van der Waals surface area (Å²) < 4.78 is 0. The summed E-state index contributed by atoms with van der Waals surface area (Å²) in [4.78, 5) is 11.0.